The second kappa shape index (κ2) is 16.4. The van der Waals surface area contributed by atoms with Crippen LogP contribution >= 0.6 is 0 Å². The normalized spacial score (nSPS) is 17.4. The van der Waals surface area contributed by atoms with Gasteiger partial charge in [-0.25, -0.2) is 9.97 Å². The van der Waals surface area contributed by atoms with Crippen molar-refractivity contribution >= 4 is 29.3 Å². The molecule has 0 aliphatic carbocycles. The molecule has 1 aromatic carbocycles. The van der Waals surface area contributed by atoms with E-state index in [0.29, 0.717) is 76.3 Å². The molecule has 2 saturated heterocycles. The predicted octanol–water partition coefficient (Wildman–Crippen LogP) is 5.15. The minimum Gasteiger partial charge on any atom is -0.481 e. The summed E-state index contributed by atoms with van der Waals surface area (Å²) in [6.45, 7) is 2.33. The number of piperidine rings is 2. The number of carboxylic acids is 1. The van der Waals surface area contributed by atoms with Gasteiger partial charge in [-0.3, -0.25) is 14.4 Å². The largest absolute Gasteiger partial charge is 0.481 e. The molecule has 0 radical (unpaired) electrons. The Hall–Kier alpha value is -4.21. The van der Waals surface area contributed by atoms with Gasteiger partial charge in [-0.2, -0.15) is 18.4 Å². The van der Waals surface area contributed by atoms with E-state index in [1.54, 1.807) is 23.1 Å². The van der Waals surface area contributed by atoms with Gasteiger partial charge in [-0.1, -0.05) is 12.1 Å². The fourth-order valence-electron chi connectivity index (χ4n) is 6.09. The number of aryl methyl sites for hydroxylation is 1. The molecule has 13 heteroatoms. The number of aromatic nitrogens is 2. The van der Waals surface area contributed by atoms with Gasteiger partial charge in [0.05, 0.1) is 11.6 Å². The average molecular weight is 643 g/mol. The highest BCUT2D eigenvalue weighted by molar-refractivity contribution is 5.82. The van der Waals surface area contributed by atoms with Crippen molar-refractivity contribution in [2.24, 2.45) is 11.8 Å². The van der Waals surface area contributed by atoms with Gasteiger partial charge in [0.15, 0.2) is 0 Å². The molecule has 1 atom stereocenters. The van der Waals surface area contributed by atoms with E-state index in [1.807, 2.05) is 17.0 Å². The number of hydrogen-bond acceptors (Lipinski definition) is 8. The number of amides is 1. The lowest BCUT2D eigenvalue weighted by molar-refractivity contribution is -0.145. The number of nitrogens with zero attached hydrogens (tertiary/aromatic N) is 5. The van der Waals surface area contributed by atoms with Crippen molar-refractivity contribution < 1.29 is 32.7 Å². The lowest BCUT2D eigenvalue weighted by Gasteiger charge is -2.35. The number of nitrogens with one attached hydrogen (secondary N) is 1. The number of benzene rings is 1. The molecule has 248 valence electrons. The number of carboxylic acid groups (broad SMARTS) is 1. The topological polar surface area (TPSA) is 140 Å². The first kappa shape index (κ1) is 34.7. The Morgan fingerprint density at radius 2 is 1.65 bits per heavy atom. The summed E-state index contributed by atoms with van der Waals surface area (Å²) in [5, 5.41) is 20.5. The summed E-state index contributed by atoms with van der Waals surface area (Å²) in [6, 6.07) is 11.0. The average Bonchev–Trinajstić information content (AvgIpc) is 3.04. The molecule has 2 fully saturated rings. The van der Waals surface area contributed by atoms with E-state index < -0.39 is 18.0 Å². The number of anilines is 2. The lowest BCUT2D eigenvalue weighted by atomic mass is 9.90. The summed E-state index contributed by atoms with van der Waals surface area (Å²) in [5.74, 6) is -1.79. The first-order chi connectivity index (χ1) is 22.0. The maximum Gasteiger partial charge on any atom is 0.451 e. The maximum absolute atomic E-state index is 13.9. The molecule has 1 amide bonds. The number of alkyl halides is 3. The molecule has 2 N–H and O–H groups in total. The highest BCUT2D eigenvalue weighted by atomic mass is 19.4. The van der Waals surface area contributed by atoms with E-state index in [0.717, 1.165) is 24.8 Å². The monoisotopic (exact) mass is 642 g/mol. The molecule has 4 rings (SSSR count). The van der Waals surface area contributed by atoms with Crippen molar-refractivity contribution in [1.82, 2.24) is 15.3 Å². The highest BCUT2D eigenvalue weighted by Crippen LogP contribution is 2.33. The van der Waals surface area contributed by atoms with E-state index in [4.69, 9.17) is 10.4 Å². The Balaban J connectivity index is 1.31. The van der Waals surface area contributed by atoms with E-state index in [2.05, 4.69) is 21.4 Å². The first-order valence-electron chi connectivity index (χ1n) is 16.0. The Morgan fingerprint density at radius 1 is 0.957 bits per heavy atom. The Kier molecular flexibility index (Phi) is 12.3. The van der Waals surface area contributed by atoms with Crippen molar-refractivity contribution in [3.63, 3.8) is 0 Å². The quantitative estimate of drug-likeness (QED) is 0.286. The number of Topliss-reactive ketones (excluding diaryl/α,β-unsaturated/α-hetero) is 1. The lowest BCUT2D eigenvalue weighted by Crippen LogP contribution is -2.40. The van der Waals surface area contributed by atoms with Crippen LogP contribution in [-0.2, 0) is 27.0 Å². The van der Waals surface area contributed by atoms with Crippen LogP contribution in [-0.4, -0.2) is 65.5 Å². The standard InChI is InChI=1S/C33H41F3N6O4/c34-33(35,36)32-39-28(41-18-14-24(15-19-41)13-16-38-30(44)7-2-8-31(45)46)20-29(40-32)42-17-3-5-26(22-42)27(43)6-1-4-23-9-11-25(21-37)12-10-23/h9-12,20,24,26H,1-8,13-19,22H2,(H,38,44)(H,45,46)/t26-/m1/s1. The number of rotatable bonds is 14. The molecule has 2 aliphatic rings. The molecule has 0 spiro atoms. The molecule has 0 bridgehead atoms. The Bertz CT molecular complexity index is 1390. The van der Waals surface area contributed by atoms with Gasteiger partial charge in [-0.05, 0) is 75.0 Å². The van der Waals surface area contributed by atoms with Crippen molar-refractivity contribution in [1.29, 1.82) is 5.26 Å². The molecule has 0 unspecified atom stereocenters. The summed E-state index contributed by atoms with van der Waals surface area (Å²) in [6.07, 6.45) is 0.988. The van der Waals surface area contributed by atoms with Crippen molar-refractivity contribution in [2.75, 3.05) is 42.5 Å². The van der Waals surface area contributed by atoms with Crippen molar-refractivity contribution in [3.05, 3.63) is 47.3 Å². The molecule has 1 aromatic heterocycles. The van der Waals surface area contributed by atoms with Crippen LogP contribution in [0.15, 0.2) is 30.3 Å². The summed E-state index contributed by atoms with van der Waals surface area (Å²) >= 11 is 0. The number of carbonyl (C=O) groups excluding carboxylic acids is 2. The fourth-order valence-corrected chi connectivity index (χ4v) is 6.09. The molecule has 3 heterocycles. The summed E-state index contributed by atoms with van der Waals surface area (Å²) in [7, 11) is 0. The van der Waals surface area contributed by atoms with Crippen LogP contribution < -0.4 is 15.1 Å². The minimum atomic E-state index is -4.72. The number of aliphatic carboxylic acids is 1. The zero-order valence-corrected chi connectivity index (χ0v) is 25.9. The van der Waals surface area contributed by atoms with Crippen LogP contribution in [0.5, 0.6) is 0 Å². The van der Waals surface area contributed by atoms with E-state index in [-0.39, 0.29) is 48.5 Å². The minimum absolute atomic E-state index is 0.0504. The highest BCUT2D eigenvalue weighted by Gasteiger charge is 2.37. The molecule has 10 nitrogen and oxygen atoms in total. The molecular formula is C33H41F3N6O4. The Morgan fingerprint density at radius 3 is 2.30 bits per heavy atom. The maximum atomic E-state index is 13.9. The third-order valence-corrected chi connectivity index (χ3v) is 8.73. The summed E-state index contributed by atoms with van der Waals surface area (Å²) in [4.78, 5) is 47.0. The van der Waals surface area contributed by atoms with Crippen molar-refractivity contribution in [3.8, 4) is 6.07 Å². The second-order valence-corrected chi connectivity index (χ2v) is 12.1. The predicted molar refractivity (Wildman–Crippen MR) is 165 cm³/mol. The van der Waals surface area contributed by atoms with Gasteiger partial charge in [0.2, 0.25) is 11.7 Å². The van der Waals surface area contributed by atoms with Crippen LogP contribution in [0.3, 0.4) is 0 Å². The molecule has 2 aliphatic heterocycles. The molecular weight excluding hydrogens is 601 g/mol. The SMILES string of the molecule is N#Cc1ccc(CCCC(=O)[C@@H]2CCCN(c3cc(N4CCC(CCNC(=O)CCCC(=O)O)CC4)nc(C(F)(F)F)n3)C2)cc1. The van der Waals surface area contributed by atoms with Crippen LogP contribution in [0.4, 0.5) is 24.8 Å². The number of hydrogen-bond donors (Lipinski definition) is 2. The van der Waals surface area contributed by atoms with Gasteiger partial charge in [0.1, 0.15) is 17.4 Å². The molecule has 2 aromatic rings. The third kappa shape index (κ3) is 10.4. The Labute approximate surface area is 267 Å². The smallest absolute Gasteiger partial charge is 0.451 e. The van der Waals surface area contributed by atoms with Crippen LogP contribution in [0.25, 0.3) is 0 Å². The van der Waals surface area contributed by atoms with E-state index in [9.17, 15) is 27.6 Å². The van der Waals surface area contributed by atoms with Crippen LogP contribution in [0, 0.1) is 23.2 Å². The van der Waals surface area contributed by atoms with Crippen LogP contribution in [0.2, 0.25) is 0 Å². The molecule has 46 heavy (non-hydrogen) atoms. The van der Waals surface area contributed by atoms with E-state index >= 15 is 0 Å². The number of halogens is 3. The summed E-state index contributed by atoms with van der Waals surface area (Å²) < 4.78 is 41.7. The van der Waals surface area contributed by atoms with Gasteiger partial charge in [0.25, 0.3) is 0 Å². The van der Waals surface area contributed by atoms with Gasteiger partial charge >= 0.3 is 12.1 Å². The molecule has 0 saturated carbocycles. The van der Waals surface area contributed by atoms with Crippen LogP contribution in [0.1, 0.15) is 81.2 Å². The van der Waals surface area contributed by atoms with Gasteiger partial charge in [-0.15, -0.1) is 0 Å². The number of ketones is 1. The fraction of sp³-hybridized carbons (Fsp3) is 0.576. The summed E-state index contributed by atoms with van der Waals surface area (Å²) in [5.41, 5.74) is 1.63. The van der Waals surface area contributed by atoms with E-state index in [1.165, 1.54) is 0 Å². The zero-order chi connectivity index (χ0) is 33.1. The van der Waals surface area contributed by atoms with Gasteiger partial charge < -0.3 is 20.2 Å². The number of carbonyl (C=O) groups is 3. The van der Waals surface area contributed by atoms with Crippen molar-refractivity contribution in [2.45, 2.75) is 76.8 Å². The van der Waals surface area contributed by atoms with Gasteiger partial charge in [0, 0.05) is 64.0 Å². The second-order valence-electron chi connectivity index (χ2n) is 12.1. The zero-order valence-electron chi connectivity index (χ0n) is 25.9. The first-order valence-corrected chi connectivity index (χ1v) is 16.0. The third-order valence-electron chi connectivity index (χ3n) is 8.73. The number of nitriles is 1.